The van der Waals surface area contributed by atoms with Crippen LogP contribution in [-0.4, -0.2) is 53.0 Å². The lowest BCUT2D eigenvalue weighted by molar-refractivity contribution is -0.139. The fraction of sp³-hybridized carbons (Fsp3) is 0.412. The van der Waals surface area contributed by atoms with Crippen molar-refractivity contribution in [3.05, 3.63) is 77.9 Å². The van der Waals surface area contributed by atoms with Gasteiger partial charge in [-0.05, 0) is 79.3 Å². The van der Waals surface area contributed by atoms with Crippen molar-refractivity contribution >= 4 is 40.6 Å². The Labute approximate surface area is 260 Å². The average Bonchev–Trinajstić information content (AvgIpc) is 3.01. The first-order valence-electron chi connectivity index (χ1n) is 15.1. The number of carbonyl (C=O) groups is 4. The van der Waals surface area contributed by atoms with Crippen molar-refractivity contribution in [1.29, 1.82) is 0 Å². The maximum absolute atomic E-state index is 11.2. The zero-order valence-electron chi connectivity index (χ0n) is 25.6. The molecule has 3 aromatic carbocycles. The van der Waals surface area contributed by atoms with Crippen molar-refractivity contribution in [2.24, 2.45) is 17.2 Å². The summed E-state index contributed by atoms with van der Waals surface area (Å²) in [5.41, 5.74) is 18.1. The molecule has 1 amide bonds. The lowest BCUT2D eigenvalue weighted by Gasteiger charge is -2.15. The average molecular weight is 609 g/mol. The van der Waals surface area contributed by atoms with Gasteiger partial charge in [0.1, 0.15) is 12.3 Å². The largest absolute Gasteiger partial charge is 0.481 e. The van der Waals surface area contributed by atoms with Gasteiger partial charge in [-0.2, -0.15) is 0 Å². The number of aliphatic carboxylic acids is 2. The van der Waals surface area contributed by atoms with Crippen LogP contribution in [0, 0.1) is 0 Å². The molecule has 0 saturated heterocycles. The Bertz CT molecular complexity index is 1280. The molecule has 4 rings (SSSR count). The molecule has 240 valence electrons. The molecule has 1 aliphatic carbocycles. The summed E-state index contributed by atoms with van der Waals surface area (Å²) in [6.45, 7) is 2.45. The molecule has 44 heavy (non-hydrogen) atoms. The van der Waals surface area contributed by atoms with Gasteiger partial charge in [-0.3, -0.25) is 19.2 Å². The number of aldehydes is 1. The molecular weight excluding hydrogens is 560 g/mol. The van der Waals surface area contributed by atoms with Crippen LogP contribution in [0.5, 0.6) is 0 Å². The quantitative estimate of drug-likeness (QED) is 0.169. The van der Waals surface area contributed by atoms with Gasteiger partial charge in [-0.15, -0.1) is 0 Å². The van der Waals surface area contributed by atoms with Gasteiger partial charge in [0.05, 0.1) is 6.42 Å². The Morgan fingerprint density at radius 3 is 2.09 bits per heavy atom. The normalized spacial score (nSPS) is 13.0. The van der Waals surface area contributed by atoms with Gasteiger partial charge in [0.25, 0.3) is 0 Å². The van der Waals surface area contributed by atoms with Gasteiger partial charge in [0, 0.05) is 23.7 Å². The van der Waals surface area contributed by atoms with Gasteiger partial charge in [0.2, 0.25) is 5.91 Å². The summed E-state index contributed by atoms with van der Waals surface area (Å²) in [5.74, 6) is -1.74. The summed E-state index contributed by atoms with van der Waals surface area (Å²) in [6.07, 6.45) is 10.0. The lowest BCUT2D eigenvalue weighted by Crippen LogP contribution is -2.30. The molecule has 0 bridgehead atoms. The van der Waals surface area contributed by atoms with Gasteiger partial charge in [-0.25, -0.2) is 0 Å². The first kappa shape index (κ1) is 37.9. The van der Waals surface area contributed by atoms with Crippen LogP contribution in [-0.2, 0) is 20.8 Å². The molecule has 1 unspecified atom stereocenters. The molecule has 3 aromatic rings. The highest BCUT2D eigenvalue weighted by atomic mass is 16.4. The van der Waals surface area contributed by atoms with E-state index >= 15 is 0 Å². The number of carbonyl (C=O) groups excluding carboxylic acids is 2. The van der Waals surface area contributed by atoms with Crippen molar-refractivity contribution in [3.63, 3.8) is 0 Å². The van der Waals surface area contributed by atoms with Crippen molar-refractivity contribution in [3.8, 4) is 0 Å². The third kappa shape index (κ3) is 17.1. The van der Waals surface area contributed by atoms with Crippen LogP contribution in [0.2, 0.25) is 0 Å². The third-order valence-electron chi connectivity index (χ3n) is 6.66. The van der Waals surface area contributed by atoms with Crippen molar-refractivity contribution in [1.82, 2.24) is 0 Å². The Kier molecular flexibility index (Phi) is 19.3. The van der Waals surface area contributed by atoms with Crippen LogP contribution in [0.25, 0.3) is 10.8 Å². The first-order valence-corrected chi connectivity index (χ1v) is 15.1. The molecule has 9 N–H and O–H groups in total. The van der Waals surface area contributed by atoms with Gasteiger partial charge >= 0.3 is 11.9 Å². The van der Waals surface area contributed by atoms with E-state index in [4.69, 9.17) is 27.4 Å². The molecule has 1 fully saturated rings. The Balaban J connectivity index is 0.000000305. The van der Waals surface area contributed by atoms with Crippen LogP contribution in [0.3, 0.4) is 0 Å². The number of hydrogen-bond donors (Lipinski definition) is 6. The van der Waals surface area contributed by atoms with Crippen molar-refractivity contribution < 1.29 is 29.4 Å². The van der Waals surface area contributed by atoms with E-state index < -0.39 is 18.0 Å². The highest BCUT2D eigenvalue weighted by Crippen LogP contribution is 2.16. The van der Waals surface area contributed by atoms with E-state index in [0.717, 1.165) is 34.7 Å². The molecule has 0 spiro atoms. The van der Waals surface area contributed by atoms with E-state index in [9.17, 15) is 19.2 Å². The number of anilines is 1. The fourth-order valence-electron chi connectivity index (χ4n) is 4.21. The molecule has 1 saturated carbocycles. The second-order valence-electron chi connectivity index (χ2n) is 10.6. The molecule has 0 radical (unpaired) electrons. The minimum atomic E-state index is -0.955. The number of nitrogens with two attached hydrogens (primary N) is 3. The fourth-order valence-corrected chi connectivity index (χ4v) is 4.21. The SMILES string of the molecule is CCCC(=O)Nc1ccc(C=O)cc1.NC1CCCCC1.NCCCC(N)C(=O)O.O=C(O)Cc1ccc2ccccc2c1. The van der Waals surface area contributed by atoms with Gasteiger partial charge in [0.15, 0.2) is 0 Å². The summed E-state index contributed by atoms with van der Waals surface area (Å²) < 4.78 is 0. The predicted octanol–water partition coefficient (Wildman–Crippen LogP) is 5.12. The number of amides is 1. The van der Waals surface area contributed by atoms with E-state index in [2.05, 4.69) is 5.32 Å². The maximum Gasteiger partial charge on any atom is 0.320 e. The van der Waals surface area contributed by atoms with Crippen LogP contribution < -0.4 is 22.5 Å². The predicted molar refractivity (Wildman–Crippen MR) is 176 cm³/mol. The van der Waals surface area contributed by atoms with Crippen molar-refractivity contribution in [2.75, 3.05) is 11.9 Å². The number of fused-ring (bicyclic) bond motifs is 1. The Hall–Kier alpha value is -4.12. The number of hydrogen-bond acceptors (Lipinski definition) is 7. The lowest BCUT2D eigenvalue weighted by atomic mass is 9.97. The van der Waals surface area contributed by atoms with E-state index in [1.807, 2.05) is 49.4 Å². The number of benzene rings is 3. The van der Waals surface area contributed by atoms with E-state index in [1.165, 1.54) is 32.1 Å². The molecule has 0 aromatic heterocycles. The molecule has 10 heteroatoms. The van der Waals surface area contributed by atoms with Crippen LogP contribution in [0.1, 0.15) is 80.6 Å². The summed E-state index contributed by atoms with van der Waals surface area (Å²) in [4.78, 5) is 42.1. The van der Waals surface area contributed by atoms with Crippen molar-refractivity contribution in [2.45, 2.75) is 83.2 Å². The molecule has 0 heterocycles. The standard InChI is InChI=1S/C12H10O2.C11H13NO2.C6H13N.C5H12N2O2/c13-12(14)8-9-5-6-10-3-1-2-4-11(10)7-9;1-2-3-11(14)12-10-6-4-9(8-13)5-7-10;7-6-4-2-1-3-5-6;6-3-1-2-4(7)5(8)9/h1-7H,8H2,(H,13,14);4-8H,2-3H2,1H3,(H,12,14);6H,1-5,7H2;4H,1-3,6-7H2,(H,8,9). The number of rotatable bonds is 10. The zero-order valence-corrected chi connectivity index (χ0v) is 25.6. The summed E-state index contributed by atoms with van der Waals surface area (Å²) in [6, 6.07) is 20.2. The highest BCUT2D eigenvalue weighted by molar-refractivity contribution is 5.91. The van der Waals surface area contributed by atoms with Gasteiger partial charge in [-0.1, -0.05) is 68.7 Å². The highest BCUT2D eigenvalue weighted by Gasteiger charge is 2.09. The Morgan fingerprint density at radius 1 is 0.955 bits per heavy atom. The zero-order chi connectivity index (χ0) is 32.7. The Morgan fingerprint density at radius 2 is 1.59 bits per heavy atom. The molecule has 0 aliphatic heterocycles. The molecular formula is C34H48N4O6. The number of carboxylic acid groups (broad SMARTS) is 2. The van der Waals surface area contributed by atoms with E-state index in [-0.39, 0.29) is 12.3 Å². The summed E-state index contributed by atoms with van der Waals surface area (Å²) >= 11 is 0. The van der Waals surface area contributed by atoms with Gasteiger partial charge < -0.3 is 32.7 Å². The van der Waals surface area contributed by atoms with E-state index in [1.54, 1.807) is 24.3 Å². The number of nitrogens with one attached hydrogen (secondary N) is 1. The molecule has 10 nitrogen and oxygen atoms in total. The summed E-state index contributed by atoms with van der Waals surface area (Å²) in [5, 5.41) is 21.9. The third-order valence-corrected chi connectivity index (χ3v) is 6.66. The van der Waals surface area contributed by atoms with Crippen LogP contribution >= 0.6 is 0 Å². The second-order valence-corrected chi connectivity index (χ2v) is 10.6. The monoisotopic (exact) mass is 608 g/mol. The molecule has 1 aliphatic rings. The minimum Gasteiger partial charge on any atom is -0.481 e. The van der Waals surface area contributed by atoms with Crippen LogP contribution in [0.4, 0.5) is 5.69 Å². The van der Waals surface area contributed by atoms with Crippen LogP contribution in [0.15, 0.2) is 66.7 Å². The number of carboxylic acids is 2. The first-order chi connectivity index (χ1) is 21.1. The second kappa shape index (κ2) is 22.4. The molecule has 1 atom stereocenters. The van der Waals surface area contributed by atoms with E-state index in [0.29, 0.717) is 37.4 Å². The topological polar surface area (TPSA) is 199 Å². The summed E-state index contributed by atoms with van der Waals surface area (Å²) in [7, 11) is 0. The maximum atomic E-state index is 11.2. The smallest absolute Gasteiger partial charge is 0.320 e. The minimum absolute atomic E-state index is 0.00588.